The number of nitrogens with one attached hydrogen (secondary N) is 1. The normalized spacial score (nSPS) is 11.6. The van der Waals surface area contributed by atoms with Crippen LogP contribution in [0.25, 0.3) is 11.3 Å². The summed E-state index contributed by atoms with van der Waals surface area (Å²) in [5, 5.41) is 11.8. The fraction of sp³-hybridized carbons (Fsp3) is 0.0526. The molecule has 0 saturated heterocycles. The molecule has 0 amide bonds. The summed E-state index contributed by atoms with van der Waals surface area (Å²) in [6, 6.07) is 13.6. The minimum Gasteiger partial charge on any atom is -0.252 e. The largest absolute Gasteiger partial charge is 0.252 e. The molecule has 0 aliphatic rings. The van der Waals surface area contributed by atoms with Gasteiger partial charge in [0.25, 0.3) is 0 Å². The number of hydrogen-bond acceptors (Lipinski definition) is 6. The van der Waals surface area contributed by atoms with Crippen LogP contribution in [0.15, 0.2) is 71.7 Å². The van der Waals surface area contributed by atoms with E-state index in [1.807, 2.05) is 29.6 Å². The van der Waals surface area contributed by atoms with E-state index in [4.69, 9.17) is 11.6 Å². The average molecular weight is 413 g/mol. The molecule has 2 aromatic heterocycles. The van der Waals surface area contributed by atoms with Crippen LogP contribution in [0.4, 0.5) is 9.52 Å². The second-order valence-electron chi connectivity index (χ2n) is 5.82. The number of anilines is 1. The van der Waals surface area contributed by atoms with Crippen LogP contribution in [0.5, 0.6) is 0 Å². The molecule has 4 rings (SSSR count). The first kappa shape index (κ1) is 18.3. The Morgan fingerprint density at radius 2 is 1.93 bits per heavy atom. The van der Waals surface area contributed by atoms with Crippen molar-refractivity contribution >= 4 is 33.8 Å². The van der Waals surface area contributed by atoms with E-state index in [1.54, 1.807) is 23.1 Å². The monoisotopic (exact) mass is 412 g/mol. The minimum absolute atomic E-state index is 0.275. The quantitative estimate of drug-likeness (QED) is 0.368. The van der Waals surface area contributed by atoms with Crippen molar-refractivity contribution in [3.05, 3.63) is 83.0 Å². The summed E-state index contributed by atoms with van der Waals surface area (Å²) < 4.78 is 14.8. The predicted octanol–water partition coefficient (Wildman–Crippen LogP) is 4.71. The first-order valence-corrected chi connectivity index (χ1v) is 9.55. The third-order valence-electron chi connectivity index (χ3n) is 3.89. The average Bonchev–Trinajstić information content (AvgIpc) is 3.38. The Kier molecular flexibility index (Phi) is 5.41. The van der Waals surface area contributed by atoms with Crippen molar-refractivity contribution in [2.24, 2.45) is 5.10 Å². The van der Waals surface area contributed by atoms with E-state index in [2.05, 4.69) is 25.6 Å². The van der Waals surface area contributed by atoms with Crippen molar-refractivity contribution < 1.29 is 4.39 Å². The Labute approximate surface area is 169 Å². The van der Waals surface area contributed by atoms with Gasteiger partial charge in [0, 0.05) is 16.0 Å². The van der Waals surface area contributed by atoms with Gasteiger partial charge in [0.1, 0.15) is 18.5 Å². The van der Waals surface area contributed by atoms with Gasteiger partial charge in [0.2, 0.25) is 5.13 Å². The maximum atomic E-state index is 13.1. The highest BCUT2D eigenvalue weighted by atomic mass is 35.5. The molecule has 28 heavy (non-hydrogen) atoms. The molecule has 4 aromatic rings. The third-order valence-corrected chi connectivity index (χ3v) is 4.89. The first-order valence-electron chi connectivity index (χ1n) is 8.30. The summed E-state index contributed by atoms with van der Waals surface area (Å²) in [6.45, 7) is 0.435. The number of hydrogen-bond donors (Lipinski definition) is 1. The number of nitrogens with zero attached hydrogens (tertiary/aromatic N) is 5. The number of rotatable bonds is 6. The van der Waals surface area contributed by atoms with Crippen molar-refractivity contribution in [2.45, 2.75) is 6.54 Å². The van der Waals surface area contributed by atoms with Crippen LogP contribution < -0.4 is 5.43 Å². The van der Waals surface area contributed by atoms with Gasteiger partial charge in [-0.05, 0) is 42.0 Å². The second-order valence-corrected chi connectivity index (χ2v) is 7.11. The molecule has 2 aromatic carbocycles. The lowest BCUT2D eigenvalue weighted by Crippen LogP contribution is -2.14. The Morgan fingerprint density at radius 3 is 2.64 bits per heavy atom. The van der Waals surface area contributed by atoms with E-state index >= 15 is 0 Å². The molecule has 0 unspecified atom stereocenters. The molecular weight excluding hydrogens is 399 g/mol. The molecular formula is C19H14ClFN6S. The SMILES string of the molecule is Fc1ccc(-c2csc(N/N=C(/Cn3cncn3)c3ccc(Cl)cc3)n2)cc1. The predicted molar refractivity (Wildman–Crippen MR) is 109 cm³/mol. The Bertz CT molecular complexity index is 1070. The second kappa shape index (κ2) is 8.28. The molecule has 140 valence electrons. The van der Waals surface area contributed by atoms with Gasteiger partial charge < -0.3 is 0 Å². The van der Waals surface area contributed by atoms with Gasteiger partial charge in [0.05, 0.1) is 18.0 Å². The maximum absolute atomic E-state index is 13.1. The van der Waals surface area contributed by atoms with Gasteiger partial charge in [-0.1, -0.05) is 23.7 Å². The van der Waals surface area contributed by atoms with E-state index < -0.39 is 0 Å². The number of halogens is 2. The molecule has 2 heterocycles. The van der Waals surface area contributed by atoms with E-state index in [9.17, 15) is 4.39 Å². The van der Waals surface area contributed by atoms with Crippen LogP contribution in [0, 0.1) is 5.82 Å². The molecule has 0 aliphatic heterocycles. The summed E-state index contributed by atoms with van der Waals surface area (Å²) in [6.07, 6.45) is 3.10. The molecule has 0 atom stereocenters. The summed E-state index contributed by atoms with van der Waals surface area (Å²) in [5.41, 5.74) is 6.25. The van der Waals surface area contributed by atoms with Crippen molar-refractivity contribution in [3.63, 3.8) is 0 Å². The van der Waals surface area contributed by atoms with Crippen LogP contribution in [-0.2, 0) is 6.54 Å². The van der Waals surface area contributed by atoms with Gasteiger partial charge in [-0.3, -0.25) is 5.43 Å². The van der Waals surface area contributed by atoms with Crippen LogP contribution >= 0.6 is 22.9 Å². The molecule has 0 fully saturated rings. The number of hydrazone groups is 1. The van der Waals surface area contributed by atoms with Crippen molar-refractivity contribution in [1.82, 2.24) is 19.7 Å². The molecule has 1 N–H and O–H groups in total. The number of thiazole rings is 1. The van der Waals surface area contributed by atoms with Gasteiger partial charge in [-0.25, -0.2) is 19.0 Å². The van der Waals surface area contributed by atoms with Gasteiger partial charge >= 0.3 is 0 Å². The van der Waals surface area contributed by atoms with Crippen molar-refractivity contribution in [1.29, 1.82) is 0 Å². The number of aromatic nitrogens is 4. The van der Waals surface area contributed by atoms with Crippen LogP contribution in [0.2, 0.25) is 5.02 Å². The van der Waals surface area contributed by atoms with Crippen molar-refractivity contribution in [3.8, 4) is 11.3 Å². The smallest absolute Gasteiger partial charge is 0.203 e. The summed E-state index contributed by atoms with van der Waals surface area (Å²) >= 11 is 7.41. The lowest BCUT2D eigenvalue weighted by atomic mass is 10.1. The Hall–Kier alpha value is -3.10. The molecule has 0 saturated carbocycles. The zero-order chi connectivity index (χ0) is 19.3. The third kappa shape index (κ3) is 4.41. The van der Waals surface area contributed by atoms with Crippen LogP contribution in [0.3, 0.4) is 0 Å². The standard InChI is InChI=1S/C19H14ClFN6S/c20-15-5-1-13(2-6-15)17(9-27-12-22-11-23-27)25-26-19-24-18(10-28-19)14-3-7-16(21)8-4-14/h1-8,10-12H,9H2,(H,24,26)/b25-17-. The summed E-state index contributed by atoms with van der Waals surface area (Å²) in [7, 11) is 0. The van der Waals surface area contributed by atoms with E-state index in [1.165, 1.54) is 29.8 Å². The Balaban J connectivity index is 1.56. The van der Waals surface area contributed by atoms with Crippen LogP contribution in [-0.4, -0.2) is 25.5 Å². The van der Waals surface area contributed by atoms with Crippen LogP contribution in [0.1, 0.15) is 5.56 Å². The lowest BCUT2D eigenvalue weighted by molar-refractivity contribution is 0.628. The topological polar surface area (TPSA) is 68.0 Å². The molecule has 6 nitrogen and oxygen atoms in total. The highest BCUT2D eigenvalue weighted by molar-refractivity contribution is 7.14. The number of benzene rings is 2. The van der Waals surface area contributed by atoms with Gasteiger partial charge in [-0.2, -0.15) is 10.2 Å². The van der Waals surface area contributed by atoms with Crippen molar-refractivity contribution in [2.75, 3.05) is 5.43 Å². The zero-order valence-corrected chi connectivity index (χ0v) is 16.0. The highest BCUT2D eigenvalue weighted by Gasteiger charge is 2.08. The lowest BCUT2D eigenvalue weighted by Gasteiger charge is -2.07. The Morgan fingerprint density at radius 1 is 1.14 bits per heavy atom. The zero-order valence-electron chi connectivity index (χ0n) is 14.5. The summed E-state index contributed by atoms with van der Waals surface area (Å²) in [5.74, 6) is -0.275. The van der Waals surface area contributed by atoms with E-state index in [0.29, 0.717) is 16.7 Å². The molecule has 0 spiro atoms. The molecule has 0 radical (unpaired) electrons. The summed E-state index contributed by atoms with van der Waals surface area (Å²) in [4.78, 5) is 8.47. The first-order chi connectivity index (χ1) is 13.7. The maximum Gasteiger partial charge on any atom is 0.203 e. The fourth-order valence-electron chi connectivity index (χ4n) is 2.49. The molecule has 0 bridgehead atoms. The van der Waals surface area contributed by atoms with E-state index in [0.717, 1.165) is 22.5 Å². The molecule has 0 aliphatic carbocycles. The van der Waals surface area contributed by atoms with Gasteiger partial charge in [0.15, 0.2) is 0 Å². The molecule has 9 heteroatoms. The minimum atomic E-state index is -0.275. The van der Waals surface area contributed by atoms with Gasteiger partial charge in [-0.15, -0.1) is 11.3 Å². The van der Waals surface area contributed by atoms with E-state index in [-0.39, 0.29) is 5.82 Å². The highest BCUT2D eigenvalue weighted by Crippen LogP contribution is 2.25. The fourth-order valence-corrected chi connectivity index (χ4v) is 3.28.